The van der Waals surface area contributed by atoms with E-state index in [0.717, 1.165) is 0 Å². The van der Waals surface area contributed by atoms with Crippen molar-refractivity contribution < 1.29 is 9.59 Å². The first-order valence-electron chi connectivity index (χ1n) is 7.53. The lowest BCUT2D eigenvalue weighted by molar-refractivity contribution is 0.0740. The van der Waals surface area contributed by atoms with Gasteiger partial charge in [-0.1, -0.05) is 19.9 Å². The molecule has 0 unspecified atom stereocenters. The van der Waals surface area contributed by atoms with Crippen molar-refractivity contribution in [2.24, 2.45) is 11.1 Å². The van der Waals surface area contributed by atoms with Gasteiger partial charge in [0.15, 0.2) is 0 Å². The summed E-state index contributed by atoms with van der Waals surface area (Å²) in [5.74, 6) is -0.183. The van der Waals surface area contributed by atoms with Crippen LogP contribution in [0.3, 0.4) is 0 Å². The molecule has 1 aromatic rings. The molecule has 0 aromatic heterocycles. The fraction of sp³-hybridized carbons (Fsp3) is 0.529. The third kappa shape index (κ3) is 5.84. The fourth-order valence-corrected chi connectivity index (χ4v) is 2.15. The van der Waals surface area contributed by atoms with E-state index in [1.807, 2.05) is 20.8 Å². The Labute approximate surface area is 145 Å². The molecule has 0 heterocycles. The number of hydrogen-bond acceptors (Lipinski definition) is 3. The summed E-state index contributed by atoms with van der Waals surface area (Å²) in [6.45, 7) is 7.65. The van der Waals surface area contributed by atoms with Crippen molar-refractivity contribution >= 4 is 24.2 Å². The molecule has 130 valence electrons. The second kappa shape index (κ2) is 8.89. The first-order chi connectivity index (χ1) is 10.2. The van der Waals surface area contributed by atoms with Gasteiger partial charge < -0.3 is 15.5 Å². The average molecular weight is 342 g/mol. The Bertz CT molecular complexity index is 546. The number of benzene rings is 1. The van der Waals surface area contributed by atoms with Gasteiger partial charge in [-0.15, -0.1) is 12.4 Å². The van der Waals surface area contributed by atoms with E-state index >= 15 is 0 Å². The van der Waals surface area contributed by atoms with Crippen molar-refractivity contribution in [1.82, 2.24) is 9.80 Å². The molecule has 0 aliphatic carbocycles. The van der Waals surface area contributed by atoms with Gasteiger partial charge in [0.2, 0.25) is 0 Å². The normalized spacial score (nSPS) is 10.7. The molecule has 1 aromatic carbocycles. The smallest absolute Gasteiger partial charge is 0.253 e. The Morgan fingerprint density at radius 2 is 1.57 bits per heavy atom. The summed E-state index contributed by atoms with van der Waals surface area (Å²) in [5, 5.41) is 0. The highest BCUT2D eigenvalue weighted by Gasteiger charge is 2.22. The molecule has 0 radical (unpaired) electrons. The van der Waals surface area contributed by atoms with Crippen molar-refractivity contribution in [3.8, 4) is 0 Å². The maximum Gasteiger partial charge on any atom is 0.253 e. The molecule has 0 bridgehead atoms. The summed E-state index contributed by atoms with van der Waals surface area (Å²) in [6.07, 6.45) is 0. The second-order valence-corrected chi connectivity index (χ2v) is 6.43. The topological polar surface area (TPSA) is 66.6 Å². The first kappa shape index (κ1) is 21.4. The lowest BCUT2D eigenvalue weighted by Crippen LogP contribution is -2.39. The summed E-state index contributed by atoms with van der Waals surface area (Å²) in [4.78, 5) is 28.0. The van der Waals surface area contributed by atoms with Gasteiger partial charge in [-0.05, 0) is 37.1 Å². The summed E-state index contributed by atoms with van der Waals surface area (Å²) in [6, 6.07) is 6.86. The van der Waals surface area contributed by atoms with E-state index in [0.29, 0.717) is 30.8 Å². The summed E-state index contributed by atoms with van der Waals surface area (Å²) < 4.78 is 0. The zero-order valence-electron chi connectivity index (χ0n) is 14.6. The van der Waals surface area contributed by atoms with Gasteiger partial charge in [0.05, 0.1) is 0 Å². The molecule has 23 heavy (non-hydrogen) atoms. The largest absolute Gasteiger partial charge is 0.342 e. The molecule has 0 saturated carbocycles. The molecule has 0 spiro atoms. The Kier molecular flexibility index (Phi) is 8.28. The van der Waals surface area contributed by atoms with E-state index < -0.39 is 0 Å². The maximum absolute atomic E-state index is 12.5. The van der Waals surface area contributed by atoms with Crippen LogP contribution in [0.25, 0.3) is 0 Å². The molecular formula is C17H28ClN3O2. The van der Waals surface area contributed by atoms with Gasteiger partial charge in [-0.2, -0.15) is 0 Å². The van der Waals surface area contributed by atoms with Gasteiger partial charge in [0, 0.05) is 38.3 Å². The Balaban J connectivity index is 0.00000484. The van der Waals surface area contributed by atoms with Crippen LogP contribution >= 0.6 is 12.4 Å². The molecule has 6 heteroatoms. The van der Waals surface area contributed by atoms with E-state index in [9.17, 15) is 9.59 Å². The number of nitrogens with two attached hydrogens (primary N) is 1. The molecule has 2 amide bonds. The predicted molar refractivity (Wildman–Crippen MR) is 96.1 cm³/mol. The number of carbonyl (C=O) groups is 2. The standard InChI is InChI=1S/C17H27N3O2.ClH/c1-6-19(4)15(21)13-8-7-9-14(10-13)16(22)20(5)12-17(2,3)11-18;/h7-10H,6,11-12,18H2,1-5H3;1H. The highest BCUT2D eigenvalue weighted by Crippen LogP contribution is 2.16. The van der Waals surface area contributed by atoms with Crippen LogP contribution in [0.15, 0.2) is 24.3 Å². The number of hydrogen-bond donors (Lipinski definition) is 1. The maximum atomic E-state index is 12.5. The highest BCUT2D eigenvalue weighted by atomic mass is 35.5. The lowest BCUT2D eigenvalue weighted by Gasteiger charge is -2.29. The summed E-state index contributed by atoms with van der Waals surface area (Å²) in [7, 11) is 3.50. The van der Waals surface area contributed by atoms with E-state index in [4.69, 9.17) is 5.73 Å². The van der Waals surface area contributed by atoms with Crippen molar-refractivity contribution in [1.29, 1.82) is 0 Å². The third-order valence-electron chi connectivity index (χ3n) is 3.74. The van der Waals surface area contributed by atoms with Crippen LogP contribution in [-0.4, -0.2) is 55.3 Å². The van der Waals surface area contributed by atoms with Crippen LogP contribution < -0.4 is 5.73 Å². The molecule has 0 aliphatic rings. The number of amides is 2. The fourth-order valence-electron chi connectivity index (χ4n) is 2.15. The third-order valence-corrected chi connectivity index (χ3v) is 3.74. The average Bonchev–Trinajstić information content (AvgIpc) is 2.52. The number of halogens is 1. The molecule has 0 aliphatic heterocycles. The summed E-state index contributed by atoms with van der Waals surface area (Å²) >= 11 is 0. The monoisotopic (exact) mass is 341 g/mol. The van der Waals surface area contributed by atoms with E-state index in [2.05, 4.69) is 0 Å². The van der Waals surface area contributed by atoms with Gasteiger partial charge >= 0.3 is 0 Å². The zero-order valence-corrected chi connectivity index (χ0v) is 15.4. The Hall–Kier alpha value is -1.59. The molecule has 2 N–H and O–H groups in total. The van der Waals surface area contributed by atoms with Crippen LogP contribution in [-0.2, 0) is 0 Å². The highest BCUT2D eigenvalue weighted by molar-refractivity contribution is 5.99. The molecule has 1 rings (SSSR count). The van der Waals surface area contributed by atoms with Gasteiger partial charge in [-0.25, -0.2) is 0 Å². The van der Waals surface area contributed by atoms with Crippen LogP contribution in [0.2, 0.25) is 0 Å². The first-order valence-corrected chi connectivity index (χ1v) is 7.53. The molecule has 0 fully saturated rings. The molecule has 5 nitrogen and oxygen atoms in total. The minimum absolute atomic E-state index is 0. The van der Waals surface area contributed by atoms with Crippen LogP contribution in [0.1, 0.15) is 41.5 Å². The quantitative estimate of drug-likeness (QED) is 0.863. The lowest BCUT2D eigenvalue weighted by atomic mass is 9.93. The second-order valence-electron chi connectivity index (χ2n) is 6.43. The Morgan fingerprint density at radius 1 is 1.09 bits per heavy atom. The minimum Gasteiger partial charge on any atom is -0.342 e. The zero-order chi connectivity index (χ0) is 16.9. The Morgan fingerprint density at radius 3 is 2.00 bits per heavy atom. The number of rotatable bonds is 6. The van der Waals surface area contributed by atoms with Gasteiger partial charge in [0.25, 0.3) is 11.8 Å². The predicted octanol–water partition coefficient (Wildman–Crippen LogP) is 2.26. The van der Waals surface area contributed by atoms with Crippen LogP contribution in [0, 0.1) is 5.41 Å². The van der Waals surface area contributed by atoms with Crippen molar-refractivity contribution in [2.45, 2.75) is 20.8 Å². The molecule has 0 atom stereocenters. The van der Waals surface area contributed by atoms with Crippen molar-refractivity contribution in [3.05, 3.63) is 35.4 Å². The minimum atomic E-state index is -0.139. The van der Waals surface area contributed by atoms with Crippen LogP contribution in [0.4, 0.5) is 0 Å². The van der Waals surface area contributed by atoms with Crippen molar-refractivity contribution in [3.63, 3.8) is 0 Å². The molecule has 0 saturated heterocycles. The number of carbonyl (C=O) groups excluding carboxylic acids is 2. The van der Waals surface area contributed by atoms with E-state index in [1.165, 1.54) is 0 Å². The van der Waals surface area contributed by atoms with Gasteiger partial charge in [-0.3, -0.25) is 9.59 Å². The van der Waals surface area contributed by atoms with E-state index in [1.54, 1.807) is 48.2 Å². The van der Waals surface area contributed by atoms with Crippen LogP contribution in [0.5, 0.6) is 0 Å². The summed E-state index contributed by atoms with van der Waals surface area (Å²) in [5.41, 5.74) is 6.63. The van der Waals surface area contributed by atoms with Gasteiger partial charge in [0.1, 0.15) is 0 Å². The number of nitrogens with zero attached hydrogens (tertiary/aromatic N) is 2. The van der Waals surface area contributed by atoms with E-state index in [-0.39, 0.29) is 29.6 Å². The van der Waals surface area contributed by atoms with Crippen molar-refractivity contribution in [2.75, 3.05) is 33.7 Å². The SMILES string of the molecule is CCN(C)C(=O)c1cccc(C(=O)N(C)CC(C)(C)CN)c1.Cl. The molecular weight excluding hydrogens is 314 g/mol.